The molecule has 0 saturated heterocycles. The fraction of sp³-hybridized carbons (Fsp3) is 0.0476. The highest BCUT2D eigenvalue weighted by molar-refractivity contribution is 6.19. The van der Waals surface area contributed by atoms with Gasteiger partial charge in [0.2, 0.25) is 0 Å². The van der Waals surface area contributed by atoms with Gasteiger partial charge in [0.1, 0.15) is 0 Å². The third-order valence-electron chi connectivity index (χ3n) is 13.5. The first-order valence-electron chi connectivity index (χ1n) is 22.6. The molecule has 0 amide bonds. The summed E-state index contributed by atoms with van der Waals surface area (Å²) in [6.07, 6.45) is 0. The topological polar surface area (TPSA) is 6.48 Å². The molecule has 2 nitrogen and oxygen atoms in total. The molecular weight excluding hydrogens is 785 g/mol. The van der Waals surface area contributed by atoms with Gasteiger partial charge in [-0.1, -0.05) is 172 Å². The molecule has 0 radical (unpaired) electrons. The minimum absolute atomic E-state index is 0.259. The van der Waals surface area contributed by atoms with Crippen LogP contribution in [0.5, 0.6) is 0 Å². The predicted molar refractivity (Wildman–Crippen MR) is 277 cm³/mol. The Kier molecular flexibility index (Phi) is 9.21. The lowest BCUT2D eigenvalue weighted by Gasteiger charge is -2.28. The van der Waals surface area contributed by atoms with E-state index in [0.717, 1.165) is 34.1 Å². The summed E-state index contributed by atoms with van der Waals surface area (Å²) in [7, 11) is 0. The first-order chi connectivity index (χ1) is 32.0. The number of rotatable bonds is 8. The zero-order chi connectivity index (χ0) is 43.5. The number of para-hydroxylation sites is 2. The van der Waals surface area contributed by atoms with E-state index in [4.69, 9.17) is 0 Å². The van der Waals surface area contributed by atoms with Crippen molar-refractivity contribution in [2.45, 2.75) is 19.3 Å². The Morgan fingerprint density at radius 1 is 0.292 bits per heavy atom. The van der Waals surface area contributed by atoms with E-state index in [1.807, 2.05) is 0 Å². The van der Waals surface area contributed by atoms with Crippen LogP contribution in [-0.2, 0) is 5.41 Å². The largest absolute Gasteiger partial charge is 0.310 e. The quantitative estimate of drug-likeness (QED) is 0.141. The van der Waals surface area contributed by atoms with Gasteiger partial charge in [0.15, 0.2) is 0 Å². The lowest BCUT2D eigenvalue weighted by Crippen LogP contribution is -2.16. The smallest absolute Gasteiger partial charge is 0.0468 e. The Labute approximate surface area is 380 Å². The number of fused-ring (bicyclic) bond motifs is 9. The van der Waals surface area contributed by atoms with Crippen LogP contribution >= 0.6 is 0 Å². The predicted octanol–water partition coefficient (Wildman–Crippen LogP) is 17.7. The highest BCUT2D eigenvalue weighted by Crippen LogP contribution is 2.56. The molecule has 65 heavy (non-hydrogen) atoms. The van der Waals surface area contributed by atoms with Gasteiger partial charge >= 0.3 is 0 Å². The summed E-state index contributed by atoms with van der Waals surface area (Å²) in [5.41, 5.74) is 16.7. The van der Waals surface area contributed by atoms with E-state index in [-0.39, 0.29) is 5.41 Å². The Hall–Kier alpha value is -8.20. The monoisotopic (exact) mass is 830 g/mol. The molecule has 12 rings (SSSR count). The van der Waals surface area contributed by atoms with Gasteiger partial charge in [-0.05, 0) is 162 Å². The van der Waals surface area contributed by atoms with E-state index in [9.17, 15) is 0 Å². The van der Waals surface area contributed by atoms with Crippen LogP contribution < -0.4 is 9.80 Å². The molecule has 0 aromatic heterocycles. The first kappa shape index (κ1) is 38.5. The molecule has 2 heteroatoms. The van der Waals surface area contributed by atoms with Crippen LogP contribution in [0.25, 0.3) is 65.7 Å². The van der Waals surface area contributed by atoms with Crippen LogP contribution in [0.15, 0.2) is 243 Å². The SMILES string of the molecule is CC1(C)c2cc3cc(N(c4ccccc4)c4cccc(-c5ccccc5)c4)ccc3cc2-c2c1c1ccc(N(c3ccccc3)c3cccc(-c4ccccc4)c3)cc1c1ccccc21. The fourth-order valence-electron chi connectivity index (χ4n) is 10.5. The third kappa shape index (κ3) is 6.57. The van der Waals surface area contributed by atoms with Crippen LogP contribution in [0.1, 0.15) is 25.0 Å². The highest BCUT2D eigenvalue weighted by Gasteiger charge is 2.39. The highest BCUT2D eigenvalue weighted by atomic mass is 15.1. The maximum atomic E-state index is 2.48. The lowest BCUT2D eigenvalue weighted by atomic mass is 9.79. The molecule has 0 N–H and O–H groups in total. The number of benzene rings is 11. The Morgan fingerprint density at radius 2 is 0.754 bits per heavy atom. The van der Waals surface area contributed by atoms with Gasteiger partial charge in [-0.15, -0.1) is 0 Å². The number of anilines is 6. The molecule has 0 fully saturated rings. The van der Waals surface area contributed by atoms with E-state index in [1.165, 1.54) is 76.8 Å². The zero-order valence-corrected chi connectivity index (χ0v) is 36.5. The summed E-state index contributed by atoms with van der Waals surface area (Å²) in [6.45, 7) is 4.85. The summed E-state index contributed by atoms with van der Waals surface area (Å²) < 4.78 is 0. The summed E-state index contributed by atoms with van der Waals surface area (Å²) in [5.74, 6) is 0. The van der Waals surface area contributed by atoms with Crippen molar-refractivity contribution in [2.75, 3.05) is 9.80 Å². The third-order valence-corrected chi connectivity index (χ3v) is 13.5. The van der Waals surface area contributed by atoms with Gasteiger partial charge in [-0.2, -0.15) is 0 Å². The van der Waals surface area contributed by atoms with Crippen LogP contribution in [-0.4, -0.2) is 0 Å². The van der Waals surface area contributed by atoms with Crippen molar-refractivity contribution < 1.29 is 0 Å². The summed E-state index contributed by atoms with van der Waals surface area (Å²) in [4.78, 5) is 4.78. The fourth-order valence-corrected chi connectivity index (χ4v) is 10.5. The van der Waals surface area contributed by atoms with Crippen molar-refractivity contribution in [1.82, 2.24) is 0 Å². The Morgan fingerprint density at radius 3 is 1.34 bits per heavy atom. The standard InChI is InChI=1S/C63H46N2/c1-63(2)60-41-48-39-53(64(49-25-11-5-12-26-49)51-29-17-23-45(37-51)43-19-7-3-8-20-43)34-33-47(48)40-59(60)61-56-32-16-15-31-55(56)58-42-54(35-36-57(58)62(61)63)65(50-27-13-6-14-28-50)52-30-18-24-46(38-52)44-21-9-4-10-22-44/h3-42H,1-2H3. The van der Waals surface area contributed by atoms with Crippen LogP contribution in [0.2, 0.25) is 0 Å². The van der Waals surface area contributed by atoms with E-state index in [1.54, 1.807) is 0 Å². The van der Waals surface area contributed by atoms with Crippen LogP contribution in [0, 0.1) is 0 Å². The first-order valence-corrected chi connectivity index (χ1v) is 22.6. The molecule has 0 saturated carbocycles. The van der Waals surface area contributed by atoms with Crippen molar-refractivity contribution >= 4 is 66.4 Å². The second-order valence-electron chi connectivity index (χ2n) is 17.8. The average Bonchev–Trinajstić information content (AvgIpc) is 3.60. The van der Waals surface area contributed by atoms with Crippen LogP contribution in [0.3, 0.4) is 0 Å². The summed E-state index contributed by atoms with van der Waals surface area (Å²) in [5, 5.41) is 7.59. The molecule has 0 aliphatic heterocycles. The molecule has 1 aliphatic rings. The minimum Gasteiger partial charge on any atom is -0.310 e. The van der Waals surface area contributed by atoms with Gasteiger partial charge in [-0.3, -0.25) is 0 Å². The molecule has 0 unspecified atom stereocenters. The molecular formula is C63H46N2. The lowest BCUT2D eigenvalue weighted by molar-refractivity contribution is 0.667. The minimum atomic E-state index is -0.259. The summed E-state index contributed by atoms with van der Waals surface area (Å²) in [6, 6.07) is 88.7. The number of nitrogens with zero attached hydrogens (tertiary/aromatic N) is 2. The summed E-state index contributed by atoms with van der Waals surface area (Å²) >= 11 is 0. The number of hydrogen-bond donors (Lipinski definition) is 0. The second-order valence-corrected chi connectivity index (χ2v) is 17.8. The molecule has 11 aromatic carbocycles. The van der Waals surface area contributed by atoms with E-state index >= 15 is 0 Å². The van der Waals surface area contributed by atoms with Crippen molar-refractivity contribution in [3.8, 4) is 33.4 Å². The van der Waals surface area contributed by atoms with Gasteiger partial charge in [0.25, 0.3) is 0 Å². The van der Waals surface area contributed by atoms with Crippen LogP contribution in [0.4, 0.5) is 34.1 Å². The molecule has 11 aromatic rings. The maximum absolute atomic E-state index is 2.48. The van der Waals surface area contributed by atoms with Gasteiger partial charge in [-0.25, -0.2) is 0 Å². The van der Waals surface area contributed by atoms with Gasteiger partial charge in [0, 0.05) is 39.5 Å². The Balaban J connectivity index is 1.01. The molecule has 0 heterocycles. The second kappa shape index (κ2) is 15.6. The van der Waals surface area contributed by atoms with E-state index < -0.39 is 0 Å². The molecule has 0 bridgehead atoms. The molecule has 0 spiro atoms. The molecule has 0 atom stereocenters. The van der Waals surface area contributed by atoms with Crippen molar-refractivity contribution in [2.24, 2.45) is 0 Å². The van der Waals surface area contributed by atoms with Crippen molar-refractivity contribution in [1.29, 1.82) is 0 Å². The molecule has 1 aliphatic carbocycles. The average molecular weight is 831 g/mol. The van der Waals surface area contributed by atoms with Gasteiger partial charge in [0.05, 0.1) is 0 Å². The van der Waals surface area contributed by atoms with Gasteiger partial charge < -0.3 is 9.80 Å². The van der Waals surface area contributed by atoms with E-state index in [0.29, 0.717) is 0 Å². The van der Waals surface area contributed by atoms with Crippen molar-refractivity contribution in [3.05, 3.63) is 254 Å². The maximum Gasteiger partial charge on any atom is 0.0468 e. The Bertz CT molecular complexity index is 3560. The van der Waals surface area contributed by atoms with Crippen molar-refractivity contribution in [3.63, 3.8) is 0 Å². The zero-order valence-electron chi connectivity index (χ0n) is 36.5. The molecule has 308 valence electrons. The van der Waals surface area contributed by atoms with E-state index in [2.05, 4.69) is 266 Å². The normalized spacial score (nSPS) is 12.6. The number of hydrogen-bond acceptors (Lipinski definition) is 2.